The van der Waals surface area contributed by atoms with Crippen LogP contribution < -0.4 is 0 Å². The summed E-state index contributed by atoms with van der Waals surface area (Å²) in [6, 6.07) is 0. The second kappa shape index (κ2) is 3.02. The Labute approximate surface area is 99.7 Å². The molecule has 0 aromatic carbocycles. The number of methoxy groups -OCH3 is 1. The van der Waals surface area contributed by atoms with Crippen LogP contribution in [-0.4, -0.2) is 27.2 Å². The van der Waals surface area contributed by atoms with Crippen LogP contribution in [-0.2, 0) is 19.8 Å². The van der Waals surface area contributed by atoms with Crippen LogP contribution in [0.1, 0.15) is 25.7 Å². The fourth-order valence-electron chi connectivity index (χ4n) is 4.86. The van der Waals surface area contributed by atoms with Crippen LogP contribution in [0.25, 0.3) is 0 Å². The highest BCUT2D eigenvalue weighted by atomic mass is 32.3. The summed E-state index contributed by atoms with van der Waals surface area (Å²) in [5.41, 5.74) is -1.42. The molecule has 4 bridgehead atoms. The minimum absolute atomic E-state index is 0.344. The fourth-order valence-corrected chi connectivity index (χ4v) is 6.04. The van der Waals surface area contributed by atoms with Crippen LogP contribution in [0.4, 0.5) is 3.89 Å². The van der Waals surface area contributed by atoms with Gasteiger partial charge in [0, 0.05) is 5.41 Å². The van der Waals surface area contributed by atoms with E-state index < -0.39 is 26.8 Å². The molecule has 4 fully saturated rings. The predicted octanol–water partition coefficient (Wildman–Crippen LogP) is 1.27. The van der Waals surface area contributed by atoms with Crippen molar-refractivity contribution in [3.8, 4) is 0 Å². The Kier molecular flexibility index (Phi) is 2.03. The predicted molar refractivity (Wildman–Crippen MR) is 57.2 cm³/mol. The Bertz CT molecular complexity index is 470. The van der Waals surface area contributed by atoms with Crippen LogP contribution >= 0.6 is 0 Å². The average molecular weight is 262 g/mol. The van der Waals surface area contributed by atoms with E-state index in [0.29, 0.717) is 37.5 Å². The van der Waals surface area contributed by atoms with Crippen molar-refractivity contribution in [1.29, 1.82) is 0 Å². The van der Waals surface area contributed by atoms with Crippen molar-refractivity contribution >= 4 is 16.2 Å². The van der Waals surface area contributed by atoms with E-state index in [1.54, 1.807) is 0 Å². The minimum Gasteiger partial charge on any atom is -0.469 e. The Balaban J connectivity index is 2.03. The van der Waals surface area contributed by atoms with Gasteiger partial charge in [-0.15, -0.1) is 3.89 Å². The summed E-state index contributed by atoms with van der Waals surface area (Å²) in [5.74, 6) is -0.0856. The lowest BCUT2D eigenvalue weighted by Gasteiger charge is -2.37. The van der Waals surface area contributed by atoms with E-state index >= 15 is 0 Å². The molecule has 0 N–H and O–H groups in total. The van der Waals surface area contributed by atoms with Crippen LogP contribution in [0.3, 0.4) is 0 Å². The van der Waals surface area contributed by atoms with Crippen LogP contribution in [0, 0.1) is 22.7 Å². The van der Waals surface area contributed by atoms with Crippen molar-refractivity contribution in [2.45, 2.75) is 25.7 Å². The third-order valence-electron chi connectivity index (χ3n) is 5.23. The van der Waals surface area contributed by atoms with Gasteiger partial charge >= 0.3 is 16.2 Å². The lowest BCUT2D eigenvalue weighted by atomic mass is 9.69. The van der Waals surface area contributed by atoms with Crippen LogP contribution in [0.5, 0.6) is 0 Å². The highest BCUT2D eigenvalue weighted by Gasteiger charge is 2.75. The van der Waals surface area contributed by atoms with E-state index in [4.69, 9.17) is 4.74 Å². The molecular formula is C11H15FO4S. The largest absolute Gasteiger partial charge is 0.469 e. The quantitative estimate of drug-likeness (QED) is 0.567. The average Bonchev–Trinajstić information content (AvgIpc) is 2.82. The number of esters is 1. The molecule has 0 saturated heterocycles. The molecule has 4 rings (SSSR count). The Morgan fingerprint density at radius 1 is 1.29 bits per heavy atom. The second-order valence-electron chi connectivity index (χ2n) is 5.87. The maximum atomic E-state index is 13.0. The summed E-state index contributed by atoms with van der Waals surface area (Å²) in [6.45, 7) is 0. The first kappa shape index (κ1) is 11.4. The maximum Gasteiger partial charge on any atom is 0.312 e. The van der Waals surface area contributed by atoms with Gasteiger partial charge in [-0.3, -0.25) is 4.79 Å². The van der Waals surface area contributed by atoms with Gasteiger partial charge in [-0.05, 0) is 37.5 Å². The van der Waals surface area contributed by atoms with Crippen molar-refractivity contribution < 1.29 is 21.8 Å². The fraction of sp³-hybridized carbons (Fsp3) is 0.909. The van der Waals surface area contributed by atoms with Crippen molar-refractivity contribution in [1.82, 2.24) is 0 Å². The standard InChI is InChI=1S/C11H15FO4S/c1-16-9(13)11-4-7-2-10(11,3-8(7)5-11)6-17(12,14)15/h7-8H,2-6H2,1H3. The molecule has 17 heavy (non-hydrogen) atoms. The molecule has 0 radical (unpaired) electrons. The highest BCUT2D eigenvalue weighted by Crippen LogP contribution is 2.77. The zero-order chi connectivity index (χ0) is 12.5. The van der Waals surface area contributed by atoms with Gasteiger partial charge in [-0.25, -0.2) is 0 Å². The Hall–Kier alpha value is -0.650. The van der Waals surface area contributed by atoms with E-state index in [1.807, 2.05) is 0 Å². The van der Waals surface area contributed by atoms with E-state index in [0.717, 1.165) is 0 Å². The van der Waals surface area contributed by atoms with E-state index in [9.17, 15) is 17.1 Å². The number of carbonyl (C=O) groups is 1. The van der Waals surface area contributed by atoms with Crippen molar-refractivity contribution in [2.75, 3.05) is 12.9 Å². The monoisotopic (exact) mass is 262 g/mol. The summed E-state index contributed by atoms with van der Waals surface area (Å²) >= 11 is 0. The van der Waals surface area contributed by atoms with E-state index in [-0.39, 0.29) is 5.97 Å². The molecule has 0 aromatic heterocycles. The normalized spacial score (nSPS) is 46.7. The number of halogens is 1. The van der Waals surface area contributed by atoms with Crippen molar-refractivity contribution in [3.63, 3.8) is 0 Å². The molecule has 4 saturated carbocycles. The van der Waals surface area contributed by atoms with Gasteiger partial charge in [0.1, 0.15) is 0 Å². The van der Waals surface area contributed by atoms with Gasteiger partial charge in [-0.2, -0.15) is 8.42 Å². The second-order valence-corrected chi connectivity index (χ2v) is 7.24. The molecule has 0 spiro atoms. The molecule has 2 atom stereocenters. The lowest BCUT2D eigenvalue weighted by Crippen LogP contribution is -2.44. The first-order chi connectivity index (χ1) is 7.82. The zero-order valence-corrected chi connectivity index (χ0v) is 10.4. The molecule has 0 aliphatic heterocycles. The molecule has 96 valence electrons. The van der Waals surface area contributed by atoms with Gasteiger partial charge in [0.25, 0.3) is 0 Å². The summed E-state index contributed by atoms with van der Waals surface area (Å²) in [5, 5.41) is 0. The third-order valence-corrected chi connectivity index (χ3v) is 6.13. The van der Waals surface area contributed by atoms with E-state index in [2.05, 4.69) is 0 Å². The topological polar surface area (TPSA) is 60.4 Å². The number of rotatable bonds is 3. The van der Waals surface area contributed by atoms with E-state index in [1.165, 1.54) is 7.11 Å². The summed E-state index contributed by atoms with van der Waals surface area (Å²) < 4.78 is 39.8. The van der Waals surface area contributed by atoms with Crippen molar-refractivity contribution in [2.24, 2.45) is 22.7 Å². The zero-order valence-electron chi connectivity index (χ0n) is 9.61. The SMILES string of the molecule is COC(=O)C12CC3CC1(CS(=O)(=O)F)CC3C2. The maximum absolute atomic E-state index is 13.0. The number of hydrogen-bond donors (Lipinski definition) is 0. The molecule has 4 aliphatic rings. The number of carbonyl (C=O) groups excluding carboxylic acids is 1. The number of hydrogen-bond acceptors (Lipinski definition) is 4. The van der Waals surface area contributed by atoms with Crippen molar-refractivity contribution in [3.05, 3.63) is 0 Å². The molecule has 4 nitrogen and oxygen atoms in total. The molecule has 4 aliphatic carbocycles. The Morgan fingerprint density at radius 3 is 2.24 bits per heavy atom. The summed E-state index contributed by atoms with van der Waals surface area (Å²) in [7, 11) is -3.23. The molecule has 0 heterocycles. The van der Waals surface area contributed by atoms with Gasteiger partial charge in [0.05, 0.1) is 18.3 Å². The smallest absolute Gasteiger partial charge is 0.312 e. The van der Waals surface area contributed by atoms with Gasteiger partial charge in [0.15, 0.2) is 0 Å². The first-order valence-corrected chi connectivity index (χ1v) is 7.38. The van der Waals surface area contributed by atoms with Crippen LogP contribution in [0.2, 0.25) is 0 Å². The summed E-state index contributed by atoms with van der Waals surface area (Å²) in [4.78, 5) is 12.0. The highest BCUT2D eigenvalue weighted by molar-refractivity contribution is 7.86. The molecular weight excluding hydrogens is 247 g/mol. The molecule has 6 heteroatoms. The van der Waals surface area contributed by atoms with Gasteiger partial charge < -0.3 is 4.74 Å². The third kappa shape index (κ3) is 1.27. The van der Waals surface area contributed by atoms with Gasteiger partial charge in [-0.1, -0.05) is 0 Å². The molecule has 2 unspecified atom stereocenters. The number of ether oxygens (including phenoxy) is 1. The van der Waals surface area contributed by atoms with Crippen LogP contribution in [0.15, 0.2) is 0 Å². The first-order valence-electron chi connectivity index (χ1n) is 5.83. The summed E-state index contributed by atoms with van der Waals surface area (Å²) in [6.07, 6.45) is 2.69. The lowest BCUT2D eigenvalue weighted by molar-refractivity contribution is -0.157. The molecule has 0 amide bonds. The molecule has 0 aromatic rings. The minimum atomic E-state index is -4.55. The Morgan fingerprint density at radius 2 is 1.82 bits per heavy atom. The van der Waals surface area contributed by atoms with Gasteiger partial charge in [0.2, 0.25) is 0 Å².